The Labute approximate surface area is 128 Å². The number of anilines is 1. The van der Waals surface area contributed by atoms with Crippen molar-refractivity contribution in [2.24, 2.45) is 0 Å². The molecule has 0 aromatic carbocycles. The van der Waals surface area contributed by atoms with Gasteiger partial charge in [0, 0.05) is 43.1 Å². The molecule has 1 aromatic heterocycles. The molecule has 0 spiro atoms. The minimum atomic E-state index is -0.160. The third-order valence-corrected chi connectivity index (χ3v) is 3.62. The smallest absolute Gasteiger partial charge is 0.225 e. The minimum Gasteiger partial charge on any atom is -0.369 e. The lowest BCUT2D eigenvalue weighted by Crippen LogP contribution is -2.52. The van der Waals surface area contributed by atoms with Gasteiger partial charge in [-0.2, -0.15) is 0 Å². The van der Waals surface area contributed by atoms with Crippen LogP contribution in [0.3, 0.4) is 0 Å². The lowest BCUT2D eigenvalue weighted by Gasteiger charge is -2.41. The van der Waals surface area contributed by atoms with Gasteiger partial charge in [-0.25, -0.2) is 9.97 Å². The van der Waals surface area contributed by atoms with Crippen LogP contribution in [0.2, 0.25) is 0 Å². The largest absolute Gasteiger partial charge is 0.369 e. The Balaban J connectivity index is 2.12. The van der Waals surface area contributed by atoms with Crippen molar-refractivity contribution in [2.45, 2.75) is 65.8 Å². The van der Waals surface area contributed by atoms with Crippen LogP contribution in [-0.2, 0) is 11.3 Å². The fourth-order valence-electron chi connectivity index (χ4n) is 2.73. The van der Waals surface area contributed by atoms with E-state index in [-0.39, 0.29) is 11.7 Å². The fraction of sp³-hybridized carbons (Fsp3) is 0.750. The van der Waals surface area contributed by atoms with Crippen molar-refractivity contribution in [3.05, 3.63) is 17.5 Å². The maximum atomic E-state index is 5.94. The van der Waals surface area contributed by atoms with Crippen LogP contribution in [0.15, 0.2) is 6.20 Å². The molecule has 0 bridgehead atoms. The van der Waals surface area contributed by atoms with Gasteiger partial charge < -0.3 is 15.0 Å². The van der Waals surface area contributed by atoms with E-state index in [4.69, 9.17) is 9.72 Å². The Kier molecular flexibility index (Phi) is 4.84. The highest BCUT2D eigenvalue weighted by molar-refractivity contribution is 5.34. The summed E-state index contributed by atoms with van der Waals surface area (Å²) in [6, 6.07) is 0.463. The predicted molar refractivity (Wildman–Crippen MR) is 85.6 cm³/mol. The Morgan fingerprint density at radius 3 is 2.76 bits per heavy atom. The van der Waals surface area contributed by atoms with Crippen LogP contribution in [0.5, 0.6) is 0 Å². The molecular weight excluding hydrogens is 264 g/mol. The van der Waals surface area contributed by atoms with E-state index in [1.165, 1.54) is 0 Å². The first-order valence-electron chi connectivity index (χ1n) is 7.75. The summed E-state index contributed by atoms with van der Waals surface area (Å²) in [6.07, 6.45) is 2.14. The first-order chi connectivity index (χ1) is 9.77. The van der Waals surface area contributed by atoms with Crippen molar-refractivity contribution in [1.29, 1.82) is 0 Å². The summed E-state index contributed by atoms with van der Waals surface area (Å²) in [4.78, 5) is 11.5. The van der Waals surface area contributed by atoms with E-state index < -0.39 is 0 Å². The van der Waals surface area contributed by atoms with Crippen LogP contribution in [0.1, 0.15) is 45.9 Å². The molecule has 1 fully saturated rings. The van der Waals surface area contributed by atoms with E-state index in [9.17, 15) is 0 Å². The molecule has 21 heavy (non-hydrogen) atoms. The summed E-state index contributed by atoms with van der Waals surface area (Å²) in [5, 5.41) is 3.41. The lowest BCUT2D eigenvalue weighted by atomic mass is 10.1. The summed E-state index contributed by atoms with van der Waals surface area (Å²) in [5.74, 6) is 0.809. The molecule has 5 heteroatoms. The Morgan fingerprint density at radius 2 is 2.19 bits per heavy atom. The zero-order chi connectivity index (χ0) is 15.6. The van der Waals surface area contributed by atoms with Crippen molar-refractivity contribution < 1.29 is 4.74 Å². The Morgan fingerprint density at radius 1 is 1.48 bits per heavy atom. The number of nitrogens with zero attached hydrogens (tertiary/aromatic N) is 3. The third-order valence-electron chi connectivity index (χ3n) is 3.62. The van der Waals surface area contributed by atoms with E-state index >= 15 is 0 Å². The SMILES string of the molecule is Cc1nc(N2CC(C)OC(C)(C)C2)ncc1CNC(C)C. The molecule has 0 radical (unpaired) electrons. The molecule has 1 saturated heterocycles. The highest BCUT2D eigenvalue weighted by Crippen LogP contribution is 2.24. The number of morpholine rings is 1. The maximum Gasteiger partial charge on any atom is 0.225 e. The first kappa shape index (κ1) is 16.2. The number of aromatic nitrogens is 2. The van der Waals surface area contributed by atoms with E-state index in [0.29, 0.717) is 6.04 Å². The molecule has 1 aromatic rings. The second-order valence-electron chi connectivity index (χ2n) is 6.88. The van der Waals surface area contributed by atoms with Crippen molar-refractivity contribution in [3.8, 4) is 0 Å². The van der Waals surface area contributed by atoms with E-state index in [0.717, 1.165) is 36.8 Å². The second-order valence-corrected chi connectivity index (χ2v) is 6.88. The molecule has 2 rings (SSSR count). The lowest BCUT2D eigenvalue weighted by molar-refractivity contribution is -0.0753. The molecular formula is C16H28N4O. The second kappa shape index (κ2) is 6.28. The molecule has 0 saturated carbocycles. The number of hydrogen-bond donors (Lipinski definition) is 1. The van der Waals surface area contributed by atoms with Crippen LogP contribution >= 0.6 is 0 Å². The van der Waals surface area contributed by atoms with E-state index in [1.54, 1.807) is 0 Å². The molecule has 5 nitrogen and oxygen atoms in total. The van der Waals surface area contributed by atoms with Gasteiger partial charge in [0.25, 0.3) is 0 Å². The van der Waals surface area contributed by atoms with Crippen LogP contribution in [0, 0.1) is 6.92 Å². The van der Waals surface area contributed by atoms with Gasteiger partial charge >= 0.3 is 0 Å². The Hall–Kier alpha value is -1.20. The van der Waals surface area contributed by atoms with Gasteiger partial charge in [0.05, 0.1) is 11.7 Å². The van der Waals surface area contributed by atoms with Crippen LogP contribution < -0.4 is 10.2 Å². The summed E-state index contributed by atoms with van der Waals surface area (Å²) >= 11 is 0. The molecule has 1 unspecified atom stereocenters. The Bertz CT molecular complexity index is 487. The van der Waals surface area contributed by atoms with Gasteiger partial charge in [-0.3, -0.25) is 0 Å². The number of aryl methyl sites for hydroxylation is 1. The molecule has 1 aliphatic rings. The number of nitrogens with one attached hydrogen (secondary N) is 1. The highest BCUT2D eigenvalue weighted by atomic mass is 16.5. The van der Waals surface area contributed by atoms with Crippen LogP contribution in [0.25, 0.3) is 0 Å². The fourth-order valence-corrected chi connectivity index (χ4v) is 2.73. The molecule has 1 aliphatic heterocycles. The maximum absolute atomic E-state index is 5.94. The van der Waals surface area contributed by atoms with Gasteiger partial charge in [-0.15, -0.1) is 0 Å². The van der Waals surface area contributed by atoms with E-state index in [2.05, 4.69) is 56.7 Å². The zero-order valence-corrected chi connectivity index (χ0v) is 14.1. The normalized spacial score (nSPS) is 21.9. The van der Waals surface area contributed by atoms with Gasteiger partial charge in [0.15, 0.2) is 0 Å². The summed E-state index contributed by atoms with van der Waals surface area (Å²) < 4.78 is 5.94. The van der Waals surface area contributed by atoms with Gasteiger partial charge in [-0.1, -0.05) is 13.8 Å². The monoisotopic (exact) mass is 292 g/mol. The third kappa shape index (κ3) is 4.38. The number of ether oxygens (including phenoxy) is 1. The van der Waals surface area contributed by atoms with Crippen LogP contribution in [0.4, 0.5) is 5.95 Å². The molecule has 0 aliphatic carbocycles. The predicted octanol–water partition coefficient (Wildman–Crippen LogP) is 2.29. The van der Waals surface area contributed by atoms with Crippen molar-refractivity contribution in [3.63, 3.8) is 0 Å². The van der Waals surface area contributed by atoms with Crippen molar-refractivity contribution in [1.82, 2.24) is 15.3 Å². The summed E-state index contributed by atoms with van der Waals surface area (Å²) in [5.41, 5.74) is 2.05. The van der Waals surface area contributed by atoms with Gasteiger partial charge in [0.1, 0.15) is 0 Å². The van der Waals surface area contributed by atoms with Crippen LogP contribution in [-0.4, -0.2) is 40.8 Å². The summed E-state index contributed by atoms with van der Waals surface area (Å²) in [7, 11) is 0. The number of rotatable bonds is 4. The highest BCUT2D eigenvalue weighted by Gasteiger charge is 2.32. The quantitative estimate of drug-likeness (QED) is 0.922. The molecule has 0 amide bonds. The average Bonchev–Trinajstić information content (AvgIpc) is 2.34. The molecule has 1 N–H and O–H groups in total. The summed E-state index contributed by atoms with van der Waals surface area (Å²) in [6.45, 7) is 15.1. The minimum absolute atomic E-state index is 0.160. The topological polar surface area (TPSA) is 50.3 Å². The standard InChI is InChI=1S/C16H28N4O/c1-11(2)17-7-14-8-18-15(19-13(14)4)20-9-12(3)21-16(5,6)10-20/h8,11-12,17H,7,9-10H2,1-6H3. The molecule has 1 atom stereocenters. The van der Waals surface area contributed by atoms with Gasteiger partial charge in [0.2, 0.25) is 5.95 Å². The van der Waals surface area contributed by atoms with Crippen molar-refractivity contribution >= 4 is 5.95 Å². The van der Waals surface area contributed by atoms with Gasteiger partial charge in [-0.05, 0) is 27.7 Å². The zero-order valence-electron chi connectivity index (χ0n) is 14.1. The molecule has 118 valence electrons. The van der Waals surface area contributed by atoms with E-state index in [1.807, 2.05) is 6.20 Å². The first-order valence-corrected chi connectivity index (χ1v) is 7.75. The van der Waals surface area contributed by atoms with Crippen molar-refractivity contribution in [2.75, 3.05) is 18.0 Å². The number of hydrogen-bond acceptors (Lipinski definition) is 5. The average molecular weight is 292 g/mol. The molecule has 2 heterocycles.